The number of hydrogen-bond acceptors (Lipinski definition) is 5. The van der Waals surface area contributed by atoms with Gasteiger partial charge in [-0.1, -0.05) is 6.07 Å². The molecule has 0 bridgehead atoms. The van der Waals surface area contributed by atoms with Crippen LogP contribution in [0.4, 0.5) is 5.69 Å². The average molecular weight is 267 g/mol. The van der Waals surface area contributed by atoms with Gasteiger partial charge in [0.1, 0.15) is 12.4 Å². The second-order valence-corrected chi connectivity index (χ2v) is 5.02. The summed E-state index contributed by atoms with van der Waals surface area (Å²) in [6.07, 6.45) is 0. The molecule has 0 saturated carbocycles. The fraction of sp³-hybridized carbons (Fsp3) is 0.500. The number of nitrogens with two attached hydrogens (primary N) is 1. The first-order valence-corrected chi connectivity index (χ1v) is 6.08. The van der Waals surface area contributed by atoms with Gasteiger partial charge < -0.3 is 19.9 Å². The maximum absolute atomic E-state index is 11.8. The smallest absolute Gasteiger partial charge is 0.340 e. The van der Waals surface area contributed by atoms with Crippen LogP contribution in [0.25, 0.3) is 0 Å². The molecule has 19 heavy (non-hydrogen) atoms. The van der Waals surface area contributed by atoms with E-state index >= 15 is 0 Å². The molecule has 106 valence electrons. The second-order valence-electron chi connectivity index (χ2n) is 5.02. The van der Waals surface area contributed by atoms with Gasteiger partial charge in [0, 0.05) is 0 Å². The van der Waals surface area contributed by atoms with Gasteiger partial charge in [-0.05, 0) is 32.9 Å². The van der Waals surface area contributed by atoms with Crippen molar-refractivity contribution < 1.29 is 19.0 Å². The normalized spacial score (nSPS) is 11.2. The molecule has 0 saturated heterocycles. The fourth-order valence-corrected chi connectivity index (χ4v) is 1.46. The summed E-state index contributed by atoms with van der Waals surface area (Å²) in [5, 5.41) is 0. The van der Waals surface area contributed by atoms with E-state index in [1.54, 1.807) is 18.2 Å². The van der Waals surface area contributed by atoms with Gasteiger partial charge >= 0.3 is 5.97 Å². The molecule has 0 aromatic heterocycles. The molecule has 2 N–H and O–H groups in total. The molecule has 0 unspecified atom stereocenters. The maximum Gasteiger partial charge on any atom is 0.340 e. The Morgan fingerprint density at radius 1 is 1.26 bits per heavy atom. The van der Waals surface area contributed by atoms with E-state index in [9.17, 15) is 4.79 Å². The Balaban J connectivity index is 2.55. The van der Waals surface area contributed by atoms with E-state index in [-0.39, 0.29) is 17.9 Å². The Hall–Kier alpha value is -1.75. The molecule has 0 amide bonds. The topological polar surface area (TPSA) is 70.8 Å². The molecule has 0 radical (unpaired) electrons. The van der Waals surface area contributed by atoms with E-state index in [0.717, 1.165) is 0 Å². The van der Waals surface area contributed by atoms with Crippen molar-refractivity contribution in [3.63, 3.8) is 0 Å². The molecule has 1 aromatic carbocycles. The van der Waals surface area contributed by atoms with Crippen LogP contribution in [0.1, 0.15) is 31.1 Å². The van der Waals surface area contributed by atoms with E-state index in [4.69, 9.17) is 19.9 Å². The van der Waals surface area contributed by atoms with Gasteiger partial charge in [-0.2, -0.15) is 0 Å². The largest absolute Gasteiger partial charge is 0.495 e. The zero-order chi connectivity index (χ0) is 14.5. The number of para-hydroxylation sites is 1. The highest BCUT2D eigenvalue weighted by atomic mass is 16.6. The molecule has 0 spiro atoms. The first kappa shape index (κ1) is 15.3. The van der Waals surface area contributed by atoms with Crippen LogP contribution in [0.5, 0.6) is 5.75 Å². The van der Waals surface area contributed by atoms with Crippen molar-refractivity contribution in [1.29, 1.82) is 0 Å². The van der Waals surface area contributed by atoms with Gasteiger partial charge in [-0.3, -0.25) is 0 Å². The van der Waals surface area contributed by atoms with Gasteiger partial charge in [0.05, 0.1) is 30.6 Å². The third kappa shape index (κ3) is 4.79. The summed E-state index contributed by atoms with van der Waals surface area (Å²) in [7, 11) is 1.50. The molecule has 5 nitrogen and oxygen atoms in total. The first-order chi connectivity index (χ1) is 8.85. The number of anilines is 1. The summed E-state index contributed by atoms with van der Waals surface area (Å²) in [4.78, 5) is 11.8. The lowest BCUT2D eigenvalue weighted by atomic mass is 10.1. The molecule has 5 heteroatoms. The van der Waals surface area contributed by atoms with Gasteiger partial charge in [0.2, 0.25) is 0 Å². The minimum Gasteiger partial charge on any atom is -0.495 e. The number of benzene rings is 1. The number of carbonyl (C=O) groups excluding carboxylic acids is 1. The Bertz CT molecular complexity index is 438. The number of esters is 1. The molecular formula is C14H21NO4. The highest BCUT2D eigenvalue weighted by Gasteiger charge is 2.15. The van der Waals surface area contributed by atoms with E-state index in [1.165, 1.54) is 7.11 Å². The molecule has 0 aliphatic rings. The summed E-state index contributed by atoms with van der Waals surface area (Å²) in [6, 6.07) is 4.98. The van der Waals surface area contributed by atoms with Crippen molar-refractivity contribution in [3.05, 3.63) is 23.8 Å². The SMILES string of the molecule is COc1cccc(C(=O)OCCOC(C)(C)C)c1N. The Labute approximate surface area is 113 Å². The van der Waals surface area contributed by atoms with Crippen molar-refractivity contribution in [2.45, 2.75) is 26.4 Å². The zero-order valence-electron chi connectivity index (χ0n) is 11.9. The number of nitrogen functional groups attached to an aromatic ring is 1. The standard InChI is InChI=1S/C14H21NO4/c1-14(2,3)19-9-8-18-13(16)10-6-5-7-11(17-4)12(10)15/h5-7H,8-9,15H2,1-4H3. The number of carbonyl (C=O) groups is 1. The Kier molecular flexibility index (Phi) is 5.18. The van der Waals surface area contributed by atoms with E-state index in [0.29, 0.717) is 17.9 Å². The third-order valence-corrected chi connectivity index (χ3v) is 2.36. The van der Waals surface area contributed by atoms with Crippen LogP contribution in [0.15, 0.2) is 18.2 Å². The van der Waals surface area contributed by atoms with Crippen molar-refractivity contribution >= 4 is 11.7 Å². The molecule has 1 aromatic rings. The van der Waals surface area contributed by atoms with E-state index in [1.807, 2.05) is 20.8 Å². The van der Waals surface area contributed by atoms with Crippen molar-refractivity contribution in [1.82, 2.24) is 0 Å². The molecule has 0 aliphatic carbocycles. The van der Waals surface area contributed by atoms with Crippen LogP contribution in [-0.2, 0) is 9.47 Å². The summed E-state index contributed by atoms with van der Waals surface area (Å²) >= 11 is 0. The molecule has 0 heterocycles. The van der Waals surface area contributed by atoms with E-state index in [2.05, 4.69) is 0 Å². The lowest BCUT2D eigenvalue weighted by molar-refractivity contribution is -0.0281. The van der Waals surface area contributed by atoms with Gasteiger partial charge in [0.25, 0.3) is 0 Å². The Morgan fingerprint density at radius 3 is 2.53 bits per heavy atom. The maximum atomic E-state index is 11.8. The minimum atomic E-state index is -0.478. The molecule has 0 atom stereocenters. The fourth-order valence-electron chi connectivity index (χ4n) is 1.46. The van der Waals surface area contributed by atoms with Crippen LogP contribution in [0.3, 0.4) is 0 Å². The molecular weight excluding hydrogens is 246 g/mol. The van der Waals surface area contributed by atoms with Crippen LogP contribution in [0, 0.1) is 0 Å². The first-order valence-electron chi connectivity index (χ1n) is 6.08. The van der Waals surface area contributed by atoms with E-state index < -0.39 is 5.97 Å². The quantitative estimate of drug-likeness (QED) is 0.503. The van der Waals surface area contributed by atoms with Crippen LogP contribution in [-0.4, -0.2) is 31.9 Å². The Morgan fingerprint density at radius 2 is 1.95 bits per heavy atom. The molecule has 0 aliphatic heterocycles. The third-order valence-electron chi connectivity index (χ3n) is 2.36. The number of rotatable bonds is 5. The minimum absolute atomic E-state index is 0.187. The highest BCUT2D eigenvalue weighted by molar-refractivity contribution is 5.96. The van der Waals surface area contributed by atoms with Gasteiger partial charge in [0.15, 0.2) is 0 Å². The summed E-state index contributed by atoms with van der Waals surface area (Å²) in [5.74, 6) is -0.0192. The lowest BCUT2D eigenvalue weighted by Crippen LogP contribution is -2.22. The average Bonchev–Trinajstić information content (AvgIpc) is 2.33. The summed E-state index contributed by atoms with van der Waals surface area (Å²) in [6.45, 7) is 6.35. The number of hydrogen-bond donors (Lipinski definition) is 1. The molecule has 1 rings (SSSR count). The lowest BCUT2D eigenvalue weighted by Gasteiger charge is -2.19. The van der Waals surface area contributed by atoms with Gasteiger partial charge in [-0.15, -0.1) is 0 Å². The van der Waals surface area contributed by atoms with Crippen LogP contribution < -0.4 is 10.5 Å². The predicted octanol–water partition coefficient (Wildman–Crippen LogP) is 2.25. The summed E-state index contributed by atoms with van der Waals surface area (Å²) in [5.41, 5.74) is 6.15. The highest BCUT2D eigenvalue weighted by Crippen LogP contribution is 2.25. The van der Waals surface area contributed by atoms with Crippen LogP contribution in [0.2, 0.25) is 0 Å². The van der Waals surface area contributed by atoms with Crippen molar-refractivity contribution in [2.75, 3.05) is 26.1 Å². The van der Waals surface area contributed by atoms with Crippen LogP contribution >= 0.6 is 0 Å². The van der Waals surface area contributed by atoms with Crippen molar-refractivity contribution in [3.8, 4) is 5.75 Å². The predicted molar refractivity (Wildman–Crippen MR) is 73.4 cm³/mol. The summed E-state index contributed by atoms with van der Waals surface area (Å²) < 4.78 is 15.6. The number of methoxy groups -OCH3 is 1. The number of ether oxygens (including phenoxy) is 3. The second kappa shape index (κ2) is 6.43. The molecule has 0 fully saturated rings. The van der Waals surface area contributed by atoms with Gasteiger partial charge in [-0.25, -0.2) is 4.79 Å². The van der Waals surface area contributed by atoms with Crippen molar-refractivity contribution in [2.24, 2.45) is 0 Å². The zero-order valence-corrected chi connectivity index (χ0v) is 11.9. The monoisotopic (exact) mass is 267 g/mol.